The van der Waals surface area contributed by atoms with Crippen molar-refractivity contribution in [3.05, 3.63) is 54.2 Å². The van der Waals surface area contributed by atoms with Gasteiger partial charge in [-0.1, -0.05) is 24.2 Å². The van der Waals surface area contributed by atoms with Crippen LogP contribution in [-0.4, -0.2) is 10.1 Å². The molecule has 0 spiro atoms. The second-order valence-corrected chi connectivity index (χ2v) is 4.81. The highest BCUT2D eigenvalue weighted by molar-refractivity contribution is 5.72. The number of furan rings is 1. The zero-order valence-electron chi connectivity index (χ0n) is 12.0. The van der Waals surface area contributed by atoms with Gasteiger partial charge in [-0.05, 0) is 37.6 Å². The lowest BCUT2D eigenvalue weighted by Gasteiger charge is -2.17. The Kier molecular flexibility index (Phi) is 3.73. The van der Waals surface area contributed by atoms with E-state index in [1.807, 2.05) is 36.4 Å². The SMILES string of the molecule is CCC(Nc1ccccc1-c1nc(C)no1)c1ccco1. The summed E-state index contributed by atoms with van der Waals surface area (Å²) >= 11 is 0. The minimum atomic E-state index is 0.102. The van der Waals surface area contributed by atoms with Crippen molar-refractivity contribution in [3.63, 3.8) is 0 Å². The van der Waals surface area contributed by atoms with Gasteiger partial charge in [0, 0.05) is 5.69 Å². The van der Waals surface area contributed by atoms with Gasteiger partial charge >= 0.3 is 0 Å². The van der Waals surface area contributed by atoms with Gasteiger partial charge in [0.15, 0.2) is 5.82 Å². The minimum absolute atomic E-state index is 0.102. The molecule has 0 aliphatic rings. The summed E-state index contributed by atoms with van der Waals surface area (Å²) in [6, 6.07) is 11.9. The molecule has 0 saturated carbocycles. The molecule has 3 rings (SSSR count). The fourth-order valence-corrected chi connectivity index (χ4v) is 2.25. The van der Waals surface area contributed by atoms with Crippen LogP contribution in [-0.2, 0) is 0 Å². The summed E-state index contributed by atoms with van der Waals surface area (Å²) in [7, 11) is 0. The molecule has 2 aromatic heterocycles. The summed E-state index contributed by atoms with van der Waals surface area (Å²) in [5.41, 5.74) is 1.84. The zero-order valence-corrected chi connectivity index (χ0v) is 12.0. The largest absolute Gasteiger partial charge is 0.467 e. The predicted molar refractivity (Wildman–Crippen MR) is 79.8 cm³/mol. The molecule has 0 amide bonds. The molecule has 0 aliphatic carbocycles. The van der Waals surface area contributed by atoms with Crippen molar-refractivity contribution in [2.24, 2.45) is 0 Å². The van der Waals surface area contributed by atoms with Gasteiger partial charge in [0.05, 0.1) is 17.9 Å². The van der Waals surface area contributed by atoms with Crippen molar-refractivity contribution in [2.45, 2.75) is 26.3 Å². The first-order valence-corrected chi connectivity index (χ1v) is 6.97. The molecule has 0 bridgehead atoms. The molecular weight excluding hydrogens is 266 g/mol. The lowest BCUT2D eigenvalue weighted by atomic mass is 10.1. The topological polar surface area (TPSA) is 64.1 Å². The highest BCUT2D eigenvalue weighted by atomic mass is 16.5. The maximum atomic E-state index is 5.49. The molecule has 108 valence electrons. The number of nitrogens with one attached hydrogen (secondary N) is 1. The highest BCUT2D eigenvalue weighted by Crippen LogP contribution is 2.30. The third kappa shape index (κ3) is 2.81. The first-order valence-electron chi connectivity index (χ1n) is 6.97. The van der Waals surface area contributed by atoms with Gasteiger partial charge < -0.3 is 14.3 Å². The van der Waals surface area contributed by atoms with Gasteiger partial charge in [-0.2, -0.15) is 4.98 Å². The lowest BCUT2D eigenvalue weighted by Crippen LogP contribution is -2.09. The lowest BCUT2D eigenvalue weighted by molar-refractivity contribution is 0.425. The Morgan fingerprint density at radius 1 is 1.19 bits per heavy atom. The molecule has 1 atom stereocenters. The Bertz CT molecular complexity index is 704. The van der Waals surface area contributed by atoms with E-state index in [1.165, 1.54) is 0 Å². The Balaban J connectivity index is 1.92. The second kappa shape index (κ2) is 5.83. The van der Waals surface area contributed by atoms with Crippen molar-refractivity contribution in [3.8, 4) is 11.5 Å². The van der Waals surface area contributed by atoms with Gasteiger partial charge in [0.2, 0.25) is 0 Å². The van der Waals surface area contributed by atoms with Crippen LogP contribution in [0.3, 0.4) is 0 Å². The van der Waals surface area contributed by atoms with E-state index in [2.05, 4.69) is 22.4 Å². The molecule has 21 heavy (non-hydrogen) atoms. The highest BCUT2D eigenvalue weighted by Gasteiger charge is 2.16. The van der Waals surface area contributed by atoms with E-state index in [1.54, 1.807) is 13.2 Å². The number of nitrogens with zero attached hydrogens (tertiary/aromatic N) is 2. The Morgan fingerprint density at radius 3 is 2.71 bits per heavy atom. The van der Waals surface area contributed by atoms with Gasteiger partial charge in [0.1, 0.15) is 5.76 Å². The summed E-state index contributed by atoms with van der Waals surface area (Å²) < 4.78 is 10.8. The number of para-hydroxylation sites is 1. The first-order chi connectivity index (χ1) is 10.3. The Hall–Kier alpha value is -2.56. The van der Waals surface area contributed by atoms with Crippen LogP contribution < -0.4 is 5.32 Å². The molecule has 0 radical (unpaired) electrons. The summed E-state index contributed by atoms with van der Waals surface area (Å²) in [6.45, 7) is 3.92. The van der Waals surface area contributed by atoms with Gasteiger partial charge in [-0.15, -0.1) is 0 Å². The van der Waals surface area contributed by atoms with E-state index < -0.39 is 0 Å². The van der Waals surface area contributed by atoms with Crippen molar-refractivity contribution >= 4 is 5.69 Å². The van der Waals surface area contributed by atoms with Crippen molar-refractivity contribution < 1.29 is 8.94 Å². The molecule has 0 saturated heterocycles. The van der Waals surface area contributed by atoms with E-state index in [0.717, 1.165) is 23.4 Å². The predicted octanol–water partition coefficient (Wildman–Crippen LogP) is 4.20. The quantitative estimate of drug-likeness (QED) is 0.760. The van der Waals surface area contributed by atoms with Crippen LogP contribution in [0.15, 0.2) is 51.6 Å². The van der Waals surface area contributed by atoms with Gasteiger partial charge in [0.25, 0.3) is 5.89 Å². The van der Waals surface area contributed by atoms with E-state index in [9.17, 15) is 0 Å². The minimum Gasteiger partial charge on any atom is -0.467 e. The number of benzene rings is 1. The van der Waals surface area contributed by atoms with E-state index >= 15 is 0 Å². The number of hydrogen-bond donors (Lipinski definition) is 1. The van der Waals surface area contributed by atoms with Crippen LogP contribution in [0.4, 0.5) is 5.69 Å². The maximum absolute atomic E-state index is 5.49. The fourth-order valence-electron chi connectivity index (χ4n) is 2.25. The molecule has 1 unspecified atom stereocenters. The number of hydrogen-bond acceptors (Lipinski definition) is 5. The molecule has 1 N–H and O–H groups in total. The number of aromatic nitrogens is 2. The van der Waals surface area contributed by atoms with Crippen LogP contribution >= 0.6 is 0 Å². The fraction of sp³-hybridized carbons (Fsp3) is 0.250. The van der Waals surface area contributed by atoms with Gasteiger partial charge in [-0.25, -0.2) is 0 Å². The standard InChI is InChI=1S/C16H17N3O2/c1-3-13(15-9-6-10-20-15)18-14-8-5-4-7-12(14)16-17-11(2)19-21-16/h4-10,13,18H,3H2,1-2H3. The molecule has 1 aromatic carbocycles. The maximum Gasteiger partial charge on any atom is 0.260 e. The molecular formula is C16H17N3O2. The average Bonchev–Trinajstić information content (AvgIpc) is 3.16. The molecule has 3 aromatic rings. The van der Waals surface area contributed by atoms with Crippen molar-refractivity contribution in [2.75, 3.05) is 5.32 Å². The number of rotatable bonds is 5. The van der Waals surface area contributed by atoms with Crippen LogP contribution in [0.2, 0.25) is 0 Å². The van der Waals surface area contributed by atoms with E-state index in [0.29, 0.717) is 11.7 Å². The van der Waals surface area contributed by atoms with Crippen LogP contribution in [0.5, 0.6) is 0 Å². The van der Waals surface area contributed by atoms with Crippen LogP contribution in [0, 0.1) is 6.92 Å². The molecule has 2 heterocycles. The summed E-state index contributed by atoms with van der Waals surface area (Å²) in [5, 5.41) is 7.34. The molecule has 0 fully saturated rings. The van der Waals surface area contributed by atoms with Gasteiger partial charge in [-0.3, -0.25) is 0 Å². The Morgan fingerprint density at radius 2 is 2.05 bits per heavy atom. The second-order valence-electron chi connectivity index (χ2n) is 4.81. The third-order valence-corrected chi connectivity index (χ3v) is 3.31. The summed E-state index contributed by atoms with van der Waals surface area (Å²) in [4.78, 5) is 4.30. The monoisotopic (exact) mass is 283 g/mol. The normalized spacial score (nSPS) is 12.3. The third-order valence-electron chi connectivity index (χ3n) is 3.31. The van der Waals surface area contributed by atoms with E-state index in [4.69, 9.17) is 8.94 Å². The summed E-state index contributed by atoms with van der Waals surface area (Å²) in [6.07, 6.45) is 2.59. The van der Waals surface area contributed by atoms with Crippen molar-refractivity contribution in [1.29, 1.82) is 0 Å². The summed E-state index contributed by atoms with van der Waals surface area (Å²) in [5.74, 6) is 2.05. The molecule has 0 aliphatic heterocycles. The Labute approximate surface area is 123 Å². The molecule has 5 heteroatoms. The first kappa shape index (κ1) is 13.4. The average molecular weight is 283 g/mol. The number of anilines is 1. The number of aryl methyl sites for hydroxylation is 1. The van der Waals surface area contributed by atoms with Crippen LogP contribution in [0.25, 0.3) is 11.5 Å². The van der Waals surface area contributed by atoms with Crippen LogP contribution in [0.1, 0.15) is 31.0 Å². The van der Waals surface area contributed by atoms with E-state index in [-0.39, 0.29) is 6.04 Å². The molecule has 5 nitrogen and oxygen atoms in total. The zero-order chi connectivity index (χ0) is 14.7. The van der Waals surface area contributed by atoms with Crippen molar-refractivity contribution in [1.82, 2.24) is 10.1 Å². The smallest absolute Gasteiger partial charge is 0.260 e.